The van der Waals surface area contributed by atoms with Gasteiger partial charge in [-0.15, -0.1) is 0 Å². The molecule has 0 aliphatic carbocycles. The highest BCUT2D eigenvalue weighted by Gasteiger charge is 1.90. The summed E-state index contributed by atoms with van der Waals surface area (Å²) in [6.07, 6.45) is 8.23. The van der Waals surface area contributed by atoms with Crippen LogP contribution in [0, 0.1) is 0 Å². The number of carbonyl (C=O) groups is 1. The highest BCUT2D eigenvalue weighted by atomic mass is 79.9. The van der Waals surface area contributed by atoms with Crippen molar-refractivity contribution in [2.24, 2.45) is 0 Å². The van der Waals surface area contributed by atoms with Crippen LogP contribution < -0.4 is 0 Å². The second-order valence-corrected chi connectivity index (χ2v) is 3.22. The van der Waals surface area contributed by atoms with Gasteiger partial charge >= 0.3 is 0 Å². The minimum atomic E-state index is 0.300. The van der Waals surface area contributed by atoms with E-state index in [0.717, 1.165) is 31.0 Å². The maximum Gasteiger partial charge on any atom is 0.129 e. The first kappa shape index (κ1) is 10.9. The molecule has 0 unspecified atom stereocenters. The lowest BCUT2D eigenvalue weighted by Gasteiger charge is -1.92. The van der Waals surface area contributed by atoms with Crippen molar-refractivity contribution in [2.75, 3.05) is 5.33 Å². The van der Waals surface area contributed by atoms with Crippen LogP contribution in [0.2, 0.25) is 0 Å². The molecule has 0 heterocycles. The van der Waals surface area contributed by atoms with E-state index in [1.807, 2.05) is 0 Å². The molecule has 1 nitrogen and oxygen atoms in total. The molecule has 0 rings (SSSR count). The van der Waals surface area contributed by atoms with E-state index in [-0.39, 0.29) is 0 Å². The van der Waals surface area contributed by atoms with E-state index in [1.54, 1.807) is 6.92 Å². The molecule has 0 N–H and O–H groups in total. The Balaban J connectivity index is 3.02. The molecule has 0 atom stereocenters. The van der Waals surface area contributed by atoms with Crippen LogP contribution in [0.5, 0.6) is 0 Å². The van der Waals surface area contributed by atoms with Crippen molar-refractivity contribution >= 4 is 21.7 Å². The third-order valence-corrected chi connectivity index (χ3v) is 1.78. The van der Waals surface area contributed by atoms with Crippen LogP contribution in [0.3, 0.4) is 0 Å². The van der Waals surface area contributed by atoms with Crippen LogP contribution in [-0.4, -0.2) is 11.1 Å². The second-order valence-electron chi connectivity index (χ2n) is 2.57. The third kappa shape index (κ3) is 9.89. The Morgan fingerprint density at radius 3 is 2.64 bits per heavy atom. The number of ketones is 1. The molecule has 0 aliphatic heterocycles. The first-order valence-corrected chi connectivity index (χ1v) is 5.10. The van der Waals surface area contributed by atoms with Crippen molar-refractivity contribution in [3.8, 4) is 0 Å². The summed E-state index contributed by atoms with van der Waals surface area (Å²) in [6, 6.07) is 0. The van der Waals surface area contributed by atoms with E-state index in [1.165, 1.54) is 0 Å². The number of allylic oxidation sites excluding steroid dienone is 2. The maximum atomic E-state index is 10.5. The van der Waals surface area contributed by atoms with Crippen LogP contribution in [0.4, 0.5) is 0 Å². The number of Topliss-reactive ketones (excluding diaryl/α,β-unsaturated/α-hetero) is 1. The van der Waals surface area contributed by atoms with Crippen LogP contribution in [0.25, 0.3) is 0 Å². The minimum Gasteiger partial charge on any atom is -0.300 e. The Hall–Kier alpha value is -0.110. The van der Waals surface area contributed by atoms with E-state index in [0.29, 0.717) is 5.78 Å². The quantitative estimate of drug-likeness (QED) is 0.381. The maximum absolute atomic E-state index is 10.5. The van der Waals surface area contributed by atoms with Crippen molar-refractivity contribution in [1.82, 2.24) is 0 Å². The lowest BCUT2D eigenvalue weighted by atomic mass is 10.1. The molecule has 0 aromatic heterocycles. The molecular formula is C9H15BrO. The fraction of sp³-hybridized carbons (Fsp3) is 0.667. The standard InChI is InChI=1S/C9H15BrO/c1-9(11)7-5-3-2-4-6-8-10/h4,6H,2-3,5,7-8H2,1H3/b6-4+. The molecule has 0 spiro atoms. The Labute approximate surface area is 77.0 Å². The monoisotopic (exact) mass is 218 g/mol. The minimum absolute atomic E-state index is 0.300. The number of unbranched alkanes of at least 4 members (excludes halogenated alkanes) is 2. The fourth-order valence-corrected chi connectivity index (χ4v) is 1.08. The van der Waals surface area contributed by atoms with Crippen molar-refractivity contribution < 1.29 is 4.79 Å². The zero-order valence-electron chi connectivity index (χ0n) is 6.98. The van der Waals surface area contributed by atoms with Gasteiger partial charge in [-0.2, -0.15) is 0 Å². The Bertz CT molecular complexity index is 130. The number of hydrogen-bond donors (Lipinski definition) is 0. The Kier molecular flexibility index (Phi) is 7.91. The molecule has 0 aromatic carbocycles. The second kappa shape index (κ2) is 7.99. The zero-order chi connectivity index (χ0) is 8.53. The van der Waals surface area contributed by atoms with Gasteiger partial charge in [0, 0.05) is 11.8 Å². The van der Waals surface area contributed by atoms with Gasteiger partial charge in [0.25, 0.3) is 0 Å². The van der Waals surface area contributed by atoms with Gasteiger partial charge in [0.15, 0.2) is 0 Å². The van der Waals surface area contributed by atoms with E-state index in [2.05, 4.69) is 28.1 Å². The summed E-state index contributed by atoms with van der Waals surface area (Å²) >= 11 is 3.30. The zero-order valence-corrected chi connectivity index (χ0v) is 8.56. The Morgan fingerprint density at radius 2 is 2.09 bits per heavy atom. The molecule has 0 amide bonds. The smallest absolute Gasteiger partial charge is 0.129 e. The van der Waals surface area contributed by atoms with Gasteiger partial charge in [0.1, 0.15) is 5.78 Å². The largest absolute Gasteiger partial charge is 0.300 e. The van der Waals surface area contributed by atoms with E-state index in [9.17, 15) is 4.79 Å². The Morgan fingerprint density at radius 1 is 1.36 bits per heavy atom. The molecule has 0 saturated heterocycles. The predicted octanol–water partition coefficient (Wildman–Crippen LogP) is 3.09. The summed E-state index contributed by atoms with van der Waals surface area (Å²) in [6.45, 7) is 1.65. The molecule has 11 heavy (non-hydrogen) atoms. The number of halogens is 1. The lowest BCUT2D eigenvalue weighted by molar-refractivity contribution is -0.117. The highest BCUT2D eigenvalue weighted by Crippen LogP contribution is 2.01. The van der Waals surface area contributed by atoms with Crippen molar-refractivity contribution in [3.05, 3.63) is 12.2 Å². The predicted molar refractivity (Wildman–Crippen MR) is 52.1 cm³/mol. The average molecular weight is 219 g/mol. The molecule has 0 bridgehead atoms. The van der Waals surface area contributed by atoms with Crippen LogP contribution >= 0.6 is 15.9 Å². The number of rotatable bonds is 6. The van der Waals surface area contributed by atoms with Crippen molar-refractivity contribution in [3.63, 3.8) is 0 Å². The van der Waals surface area contributed by atoms with Crippen LogP contribution in [0.15, 0.2) is 12.2 Å². The van der Waals surface area contributed by atoms with Crippen LogP contribution in [-0.2, 0) is 4.79 Å². The molecule has 0 fully saturated rings. The molecule has 0 aliphatic rings. The van der Waals surface area contributed by atoms with Gasteiger partial charge in [0.05, 0.1) is 0 Å². The summed E-state index contributed by atoms with van der Waals surface area (Å²) in [4.78, 5) is 10.5. The summed E-state index contributed by atoms with van der Waals surface area (Å²) in [5.41, 5.74) is 0. The third-order valence-electron chi connectivity index (χ3n) is 1.41. The first-order valence-electron chi connectivity index (χ1n) is 3.97. The van der Waals surface area contributed by atoms with Crippen molar-refractivity contribution in [2.45, 2.75) is 32.6 Å². The lowest BCUT2D eigenvalue weighted by Crippen LogP contribution is -1.88. The number of carbonyl (C=O) groups excluding carboxylic acids is 1. The van der Waals surface area contributed by atoms with Gasteiger partial charge in [-0.1, -0.05) is 28.1 Å². The molecule has 2 heteroatoms. The SMILES string of the molecule is CC(=O)CCCC/C=C/CBr. The van der Waals surface area contributed by atoms with Gasteiger partial charge in [-0.05, 0) is 26.2 Å². The normalized spacial score (nSPS) is 10.7. The average Bonchev–Trinajstić information content (AvgIpc) is 1.96. The first-order chi connectivity index (χ1) is 5.27. The van der Waals surface area contributed by atoms with E-state index in [4.69, 9.17) is 0 Å². The highest BCUT2D eigenvalue weighted by molar-refractivity contribution is 9.09. The van der Waals surface area contributed by atoms with E-state index < -0.39 is 0 Å². The van der Waals surface area contributed by atoms with Gasteiger partial charge in [0.2, 0.25) is 0 Å². The molecule has 0 radical (unpaired) electrons. The fourth-order valence-electron chi connectivity index (χ4n) is 0.817. The van der Waals surface area contributed by atoms with Gasteiger partial charge in [-0.25, -0.2) is 0 Å². The number of alkyl halides is 1. The van der Waals surface area contributed by atoms with Crippen LogP contribution in [0.1, 0.15) is 32.6 Å². The summed E-state index contributed by atoms with van der Waals surface area (Å²) < 4.78 is 0. The van der Waals surface area contributed by atoms with E-state index >= 15 is 0 Å². The summed E-state index contributed by atoms with van der Waals surface area (Å²) in [5, 5.41) is 0.930. The summed E-state index contributed by atoms with van der Waals surface area (Å²) in [5.74, 6) is 0.300. The number of hydrogen-bond acceptors (Lipinski definition) is 1. The molecular weight excluding hydrogens is 204 g/mol. The van der Waals surface area contributed by atoms with Gasteiger partial charge < -0.3 is 4.79 Å². The molecule has 0 saturated carbocycles. The van der Waals surface area contributed by atoms with Gasteiger partial charge in [-0.3, -0.25) is 0 Å². The summed E-state index contributed by atoms with van der Waals surface area (Å²) in [7, 11) is 0. The van der Waals surface area contributed by atoms with Crippen molar-refractivity contribution in [1.29, 1.82) is 0 Å². The molecule has 64 valence electrons. The molecule has 0 aromatic rings. The topological polar surface area (TPSA) is 17.1 Å².